The molecule has 2 fully saturated rings. The van der Waals surface area contributed by atoms with Gasteiger partial charge in [0.15, 0.2) is 15.9 Å². The first kappa shape index (κ1) is 23.2. The molecule has 168 valence electrons. The number of carbonyl (C=O) groups is 2. The van der Waals surface area contributed by atoms with Gasteiger partial charge in [0.2, 0.25) is 0 Å². The van der Waals surface area contributed by atoms with Gasteiger partial charge in [-0.2, -0.15) is 4.31 Å². The maximum absolute atomic E-state index is 12.6. The van der Waals surface area contributed by atoms with Crippen LogP contribution in [0.3, 0.4) is 0 Å². The Morgan fingerprint density at radius 3 is 2.47 bits per heavy atom. The lowest BCUT2D eigenvalue weighted by atomic mass is 9.98. The molecule has 2 aliphatic rings. The summed E-state index contributed by atoms with van der Waals surface area (Å²) in [7, 11) is -5.15. The fraction of sp³-hybridized carbons (Fsp3) is 0.667. The van der Waals surface area contributed by atoms with E-state index >= 15 is 0 Å². The van der Waals surface area contributed by atoms with E-state index in [-0.39, 0.29) is 28.8 Å². The molecule has 2 aliphatic heterocycles. The van der Waals surface area contributed by atoms with Crippen LogP contribution < -0.4 is 0 Å². The van der Waals surface area contributed by atoms with E-state index in [0.717, 1.165) is 11.3 Å². The van der Waals surface area contributed by atoms with Crippen molar-refractivity contribution in [3.63, 3.8) is 0 Å². The summed E-state index contributed by atoms with van der Waals surface area (Å²) in [5, 5.41) is 1.70. The molecule has 2 saturated heterocycles. The van der Waals surface area contributed by atoms with Crippen LogP contribution in [0.25, 0.3) is 0 Å². The van der Waals surface area contributed by atoms with E-state index in [1.54, 1.807) is 17.5 Å². The van der Waals surface area contributed by atoms with Crippen molar-refractivity contribution >= 4 is 43.1 Å². The highest BCUT2D eigenvalue weighted by molar-refractivity contribution is 7.91. The Morgan fingerprint density at radius 2 is 1.93 bits per heavy atom. The van der Waals surface area contributed by atoms with Gasteiger partial charge in [0.05, 0.1) is 17.4 Å². The van der Waals surface area contributed by atoms with Gasteiger partial charge in [0, 0.05) is 26.2 Å². The third-order valence-electron chi connectivity index (χ3n) is 5.62. The van der Waals surface area contributed by atoms with Gasteiger partial charge in [0.1, 0.15) is 4.21 Å². The van der Waals surface area contributed by atoms with Crippen molar-refractivity contribution in [3.05, 3.63) is 17.5 Å². The van der Waals surface area contributed by atoms with Gasteiger partial charge in [-0.15, -0.1) is 11.3 Å². The number of nitrogens with zero attached hydrogens (tertiary/aromatic N) is 2. The molecule has 0 N–H and O–H groups in total. The molecule has 0 aliphatic carbocycles. The first-order valence-electron chi connectivity index (χ1n) is 9.72. The zero-order valence-corrected chi connectivity index (χ0v) is 19.3. The molecule has 0 spiro atoms. The molecule has 1 aromatic rings. The van der Waals surface area contributed by atoms with Crippen LogP contribution in [0.15, 0.2) is 21.7 Å². The largest absolute Gasteiger partial charge is 0.452 e. The Labute approximate surface area is 181 Å². The summed E-state index contributed by atoms with van der Waals surface area (Å²) in [5.74, 6) is -1.48. The summed E-state index contributed by atoms with van der Waals surface area (Å²) in [6.07, 6.45) is -0.0106. The highest BCUT2D eigenvalue weighted by atomic mass is 32.2. The predicted molar refractivity (Wildman–Crippen MR) is 111 cm³/mol. The number of sulfonamides is 1. The summed E-state index contributed by atoms with van der Waals surface area (Å²) in [5.41, 5.74) is 0. The average Bonchev–Trinajstić information content (AvgIpc) is 3.37. The number of amides is 1. The van der Waals surface area contributed by atoms with Gasteiger partial charge in [-0.1, -0.05) is 6.07 Å². The fourth-order valence-corrected chi connectivity index (χ4v) is 8.13. The standard InChI is InChI=1S/C18H26N2O7S3/c1-13(17(21)19(2)15-7-11-29(23,24)12-15)27-18(22)14-5-8-20(9-6-14)30(25,26)16-4-3-10-28-16/h3-4,10,13-15H,5-9,11-12H2,1-2H3. The van der Waals surface area contributed by atoms with Gasteiger partial charge in [-0.25, -0.2) is 16.8 Å². The Hall–Kier alpha value is -1.50. The molecule has 2 atom stereocenters. The number of rotatable bonds is 6. The number of thiophene rings is 1. The van der Waals surface area contributed by atoms with Crippen molar-refractivity contribution in [1.29, 1.82) is 0 Å². The van der Waals surface area contributed by atoms with Crippen molar-refractivity contribution in [2.75, 3.05) is 31.6 Å². The molecular formula is C18H26N2O7S3. The van der Waals surface area contributed by atoms with Crippen LogP contribution in [0, 0.1) is 5.92 Å². The minimum Gasteiger partial charge on any atom is -0.452 e. The lowest BCUT2D eigenvalue weighted by Gasteiger charge is -2.31. The third-order valence-corrected chi connectivity index (χ3v) is 10.6. The molecule has 0 bridgehead atoms. The van der Waals surface area contributed by atoms with E-state index in [4.69, 9.17) is 4.74 Å². The average molecular weight is 479 g/mol. The van der Waals surface area contributed by atoms with Crippen molar-refractivity contribution in [2.24, 2.45) is 5.92 Å². The van der Waals surface area contributed by atoms with Gasteiger partial charge in [0.25, 0.3) is 15.9 Å². The summed E-state index contributed by atoms with van der Waals surface area (Å²) >= 11 is 1.15. The zero-order chi connectivity index (χ0) is 22.1. The topological polar surface area (TPSA) is 118 Å². The van der Waals surface area contributed by atoms with Crippen LogP contribution in [-0.2, 0) is 34.2 Å². The summed E-state index contributed by atoms with van der Waals surface area (Å²) in [4.78, 5) is 26.4. The molecular weight excluding hydrogens is 452 g/mol. The predicted octanol–water partition coefficient (Wildman–Crippen LogP) is 0.726. The van der Waals surface area contributed by atoms with Crippen LogP contribution in [0.4, 0.5) is 0 Å². The number of hydrogen-bond acceptors (Lipinski definition) is 8. The van der Waals surface area contributed by atoms with E-state index in [0.29, 0.717) is 19.3 Å². The van der Waals surface area contributed by atoms with Crippen LogP contribution in [0.1, 0.15) is 26.2 Å². The van der Waals surface area contributed by atoms with E-state index in [2.05, 4.69) is 0 Å². The first-order chi connectivity index (χ1) is 14.0. The molecule has 0 radical (unpaired) electrons. The number of piperidine rings is 1. The Balaban J connectivity index is 1.51. The van der Waals surface area contributed by atoms with Crippen molar-refractivity contribution < 1.29 is 31.2 Å². The fourth-order valence-electron chi connectivity index (χ4n) is 3.74. The van der Waals surface area contributed by atoms with Gasteiger partial charge in [-0.3, -0.25) is 9.59 Å². The van der Waals surface area contributed by atoms with E-state index < -0.39 is 49.8 Å². The van der Waals surface area contributed by atoms with E-state index in [9.17, 15) is 26.4 Å². The van der Waals surface area contributed by atoms with Crippen LogP contribution in [-0.4, -0.2) is 81.7 Å². The molecule has 3 rings (SSSR count). The summed E-state index contributed by atoms with van der Waals surface area (Å²) in [6.45, 7) is 1.89. The van der Waals surface area contributed by atoms with Gasteiger partial charge >= 0.3 is 5.97 Å². The van der Waals surface area contributed by atoms with E-state index in [1.807, 2.05) is 0 Å². The molecule has 30 heavy (non-hydrogen) atoms. The zero-order valence-electron chi connectivity index (χ0n) is 16.9. The molecule has 12 heteroatoms. The first-order valence-corrected chi connectivity index (χ1v) is 13.9. The highest BCUT2D eigenvalue weighted by Crippen LogP contribution is 2.27. The molecule has 9 nitrogen and oxygen atoms in total. The van der Waals surface area contributed by atoms with Crippen LogP contribution in [0.2, 0.25) is 0 Å². The lowest BCUT2D eigenvalue weighted by Crippen LogP contribution is -2.45. The number of hydrogen-bond donors (Lipinski definition) is 0. The maximum atomic E-state index is 12.6. The second kappa shape index (κ2) is 8.93. The maximum Gasteiger partial charge on any atom is 0.309 e. The lowest BCUT2D eigenvalue weighted by molar-refractivity contribution is -0.163. The second-order valence-corrected chi connectivity index (χ2v) is 13.0. The smallest absolute Gasteiger partial charge is 0.309 e. The molecule has 0 aromatic carbocycles. The summed E-state index contributed by atoms with van der Waals surface area (Å²) in [6, 6.07) is 2.83. The Morgan fingerprint density at radius 1 is 1.27 bits per heavy atom. The number of likely N-dealkylation sites (N-methyl/N-ethyl adjacent to an activating group) is 1. The number of ether oxygens (including phenoxy) is 1. The van der Waals surface area contributed by atoms with E-state index in [1.165, 1.54) is 23.2 Å². The van der Waals surface area contributed by atoms with Gasteiger partial charge < -0.3 is 9.64 Å². The van der Waals surface area contributed by atoms with Crippen molar-refractivity contribution in [3.8, 4) is 0 Å². The monoisotopic (exact) mass is 478 g/mol. The van der Waals surface area contributed by atoms with Crippen LogP contribution >= 0.6 is 11.3 Å². The van der Waals surface area contributed by atoms with Gasteiger partial charge in [-0.05, 0) is 37.6 Å². The normalized spacial score (nSPS) is 23.7. The van der Waals surface area contributed by atoms with Crippen molar-refractivity contribution in [1.82, 2.24) is 9.21 Å². The molecule has 1 amide bonds. The minimum atomic E-state index is -3.54. The number of carbonyl (C=O) groups excluding carboxylic acids is 2. The third kappa shape index (κ3) is 5.04. The molecule has 1 aromatic heterocycles. The minimum absolute atomic E-state index is 0.0520. The molecule has 0 saturated carbocycles. The molecule has 3 heterocycles. The number of esters is 1. The molecule has 2 unspecified atom stereocenters. The Kier molecular flexibility index (Phi) is 6.90. The SMILES string of the molecule is CC(OC(=O)C1CCN(S(=O)(=O)c2cccs2)CC1)C(=O)N(C)C1CCS(=O)(=O)C1. The second-order valence-electron chi connectivity index (χ2n) is 7.70. The van der Waals surface area contributed by atoms with Crippen molar-refractivity contribution in [2.45, 2.75) is 42.5 Å². The summed E-state index contributed by atoms with van der Waals surface area (Å²) < 4.78 is 55.4. The van der Waals surface area contributed by atoms with Crippen LogP contribution in [0.5, 0.6) is 0 Å². The Bertz CT molecular complexity index is 981. The number of sulfone groups is 1. The highest BCUT2D eigenvalue weighted by Gasteiger charge is 2.37. The quantitative estimate of drug-likeness (QED) is 0.553.